The van der Waals surface area contributed by atoms with Gasteiger partial charge in [0.2, 0.25) is 47.3 Å². The number of nitrogens with two attached hydrogens (primary N) is 2. The zero-order valence-corrected chi connectivity index (χ0v) is 33.5. The molecule has 1 aromatic heterocycles. The van der Waals surface area contributed by atoms with Crippen molar-refractivity contribution in [3.63, 3.8) is 0 Å². The van der Waals surface area contributed by atoms with Gasteiger partial charge in [0.1, 0.15) is 42.3 Å². The molecule has 1 aliphatic heterocycles. The molecule has 8 amide bonds. The van der Waals surface area contributed by atoms with Gasteiger partial charge in [-0.25, -0.2) is 4.79 Å². The molecule has 60 heavy (non-hydrogen) atoms. The van der Waals surface area contributed by atoms with Crippen molar-refractivity contribution in [3.05, 3.63) is 36.0 Å². The molecule has 330 valence electrons. The number of rotatable bonds is 21. The Hall–Kier alpha value is -6.17. The van der Waals surface area contributed by atoms with Gasteiger partial charge < -0.3 is 73.7 Å². The summed E-state index contributed by atoms with van der Waals surface area (Å²) in [5, 5.41) is 53.7. The zero-order valence-electron chi connectivity index (χ0n) is 33.5. The fraction of sp³-hybridized carbons (Fsp3) is 0.541. The van der Waals surface area contributed by atoms with Gasteiger partial charge in [0.05, 0.1) is 31.8 Å². The van der Waals surface area contributed by atoms with E-state index in [2.05, 4.69) is 36.9 Å². The van der Waals surface area contributed by atoms with E-state index in [0.717, 1.165) is 4.90 Å². The molecule has 2 heterocycles. The Morgan fingerprint density at radius 1 is 0.783 bits per heavy atom. The van der Waals surface area contributed by atoms with Gasteiger partial charge in [-0.3, -0.25) is 38.4 Å². The van der Waals surface area contributed by atoms with Crippen LogP contribution in [0.4, 0.5) is 0 Å². The summed E-state index contributed by atoms with van der Waals surface area (Å²) in [5.74, 6) is -9.81. The van der Waals surface area contributed by atoms with E-state index in [1.54, 1.807) is 44.3 Å². The number of carbonyl (C=O) groups is 9. The van der Waals surface area contributed by atoms with Gasteiger partial charge in [0, 0.05) is 36.5 Å². The number of amides is 8. The van der Waals surface area contributed by atoms with Crippen molar-refractivity contribution in [1.82, 2.24) is 41.8 Å². The highest BCUT2D eigenvalue weighted by Gasteiger charge is 2.41. The zero-order chi connectivity index (χ0) is 45.0. The third-order valence-corrected chi connectivity index (χ3v) is 9.64. The van der Waals surface area contributed by atoms with Crippen molar-refractivity contribution >= 4 is 64.1 Å². The van der Waals surface area contributed by atoms with Crippen LogP contribution in [0.25, 0.3) is 10.9 Å². The third kappa shape index (κ3) is 12.9. The minimum Gasteiger partial charge on any atom is -0.480 e. The van der Waals surface area contributed by atoms with Crippen molar-refractivity contribution in [2.45, 2.75) is 101 Å². The number of H-pyrrole nitrogens is 1. The molecule has 0 spiro atoms. The molecule has 0 bridgehead atoms. The molecule has 1 saturated heterocycles. The minimum atomic E-state index is -1.77. The van der Waals surface area contributed by atoms with Crippen molar-refractivity contribution in [3.8, 4) is 0 Å². The number of β-amino-alcohol motifs (C(OH)–C–C–N with tert-alkyl or cyclic N) is 1. The number of aliphatic carboxylic acids is 1. The predicted molar refractivity (Wildman–Crippen MR) is 209 cm³/mol. The molecule has 3 rings (SSSR count). The van der Waals surface area contributed by atoms with E-state index in [9.17, 15) is 63.6 Å². The number of aromatic amines is 1. The van der Waals surface area contributed by atoms with Gasteiger partial charge in [-0.15, -0.1) is 0 Å². The number of hydrogen-bond acceptors (Lipinski definition) is 13. The van der Waals surface area contributed by atoms with Gasteiger partial charge in [-0.2, -0.15) is 0 Å². The van der Waals surface area contributed by atoms with Crippen LogP contribution in [-0.4, -0.2) is 158 Å². The average Bonchev–Trinajstić information content (AvgIpc) is 3.79. The minimum absolute atomic E-state index is 0.131. The van der Waals surface area contributed by atoms with E-state index in [1.165, 1.54) is 13.8 Å². The van der Waals surface area contributed by atoms with Crippen LogP contribution < -0.4 is 43.4 Å². The summed E-state index contributed by atoms with van der Waals surface area (Å²) in [4.78, 5) is 120. The fourth-order valence-corrected chi connectivity index (χ4v) is 6.35. The largest absolute Gasteiger partial charge is 0.480 e. The molecule has 0 saturated carbocycles. The number of primary amides is 1. The number of carboxylic acids is 1. The number of aromatic nitrogens is 1. The number of benzene rings is 1. The monoisotopic (exact) mass is 846 g/mol. The van der Waals surface area contributed by atoms with E-state index in [4.69, 9.17) is 11.5 Å². The van der Waals surface area contributed by atoms with Gasteiger partial charge in [-0.1, -0.05) is 32.0 Å². The normalized spacial score (nSPS) is 18.5. The van der Waals surface area contributed by atoms with E-state index in [1.807, 2.05) is 0 Å². The van der Waals surface area contributed by atoms with Gasteiger partial charge in [0.25, 0.3) is 0 Å². The fourth-order valence-electron chi connectivity index (χ4n) is 6.35. The lowest BCUT2D eigenvalue weighted by Crippen LogP contribution is -2.61. The Morgan fingerprint density at radius 3 is 1.93 bits per heavy atom. The Bertz CT molecular complexity index is 1920. The topological polar surface area (TPSA) is 378 Å². The smallest absolute Gasteiger partial charge is 0.328 e. The van der Waals surface area contributed by atoms with Crippen LogP contribution in [0.2, 0.25) is 0 Å². The SMILES string of the molecule is CC(N)C(=O)N1CC(O)CC1C(=O)NC(C)C(=O)NC(CC(N)=O)C(=O)NC(CO)C(=O)NC(C(=O)NC(Cc1c[nH]c2ccccc12)C(=O)NC(CO)C(=O)O)C(C)C. The summed E-state index contributed by atoms with van der Waals surface area (Å²) in [6.45, 7) is 3.57. The maximum absolute atomic E-state index is 13.7. The number of likely N-dealkylation sites (tertiary alicyclic amines) is 1. The molecule has 1 aliphatic rings. The van der Waals surface area contributed by atoms with Crippen molar-refractivity contribution in [2.24, 2.45) is 17.4 Å². The maximum Gasteiger partial charge on any atom is 0.328 e. The molecular weight excluding hydrogens is 792 g/mol. The number of nitrogens with one attached hydrogen (secondary N) is 7. The Morgan fingerprint density at radius 2 is 1.35 bits per heavy atom. The molecule has 2 aromatic rings. The van der Waals surface area contributed by atoms with Crippen LogP contribution >= 0.6 is 0 Å². The molecule has 15 N–H and O–H groups in total. The Kier molecular flexibility index (Phi) is 17.5. The summed E-state index contributed by atoms with van der Waals surface area (Å²) in [5.41, 5.74) is 12.2. The summed E-state index contributed by atoms with van der Waals surface area (Å²) in [6, 6.07) is -4.49. The third-order valence-electron chi connectivity index (χ3n) is 9.64. The maximum atomic E-state index is 13.7. The number of nitrogens with zero attached hydrogens (tertiary/aromatic N) is 1. The molecule has 23 heteroatoms. The second-order valence-corrected chi connectivity index (χ2v) is 14.8. The van der Waals surface area contributed by atoms with Crippen LogP contribution in [0.1, 0.15) is 46.1 Å². The highest BCUT2D eigenvalue weighted by atomic mass is 16.4. The first-order valence-electron chi connectivity index (χ1n) is 19.0. The predicted octanol–water partition coefficient (Wildman–Crippen LogP) is -5.45. The standard InChI is InChI=1S/C37H54N10O13/c1-16(2)29(35(57)43-23(31(53)45-26(15-49)37(59)60)9-19-12-40-22-8-6-5-7-21(19)22)46-33(55)25(14-48)44-32(54)24(11-28(39)51)42-30(52)18(4)41-34(56)27-10-20(50)13-47(27)36(58)17(3)38/h5-8,12,16-18,20,23-27,29,40,48-50H,9-11,13-15,38H2,1-4H3,(H2,39,51)(H,41,56)(H,42,52)(H,43,57)(H,44,54)(H,45,53)(H,46,55)(H,59,60). The van der Waals surface area contributed by atoms with Gasteiger partial charge in [-0.05, 0) is 31.4 Å². The first-order valence-corrected chi connectivity index (χ1v) is 19.0. The first kappa shape index (κ1) is 48.2. The highest BCUT2D eigenvalue weighted by molar-refractivity contribution is 5.99. The van der Waals surface area contributed by atoms with Crippen molar-refractivity contribution < 1.29 is 63.6 Å². The second-order valence-electron chi connectivity index (χ2n) is 14.8. The van der Waals surface area contributed by atoms with Crippen LogP contribution in [0.5, 0.6) is 0 Å². The lowest BCUT2D eigenvalue weighted by Gasteiger charge is -2.28. The molecule has 0 radical (unpaired) electrons. The van der Waals surface area contributed by atoms with Crippen LogP contribution in [-0.2, 0) is 49.6 Å². The molecular formula is C37H54N10O13. The molecule has 9 unspecified atom stereocenters. The Labute approximate surface area is 343 Å². The molecule has 9 atom stereocenters. The average molecular weight is 847 g/mol. The summed E-state index contributed by atoms with van der Waals surface area (Å²) >= 11 is 0. The van der Waals surface area contributed by atoms with Crippen LogP contribution in [0, 0.1) is 5.92 Å². The number of aliphatic hydroxyl groups excluding tert-OH is 3. The lowest BCUT2D eigenvalue weighted by atomic mass is 10.00. The highest BCUT2D eigenvalue weighted by Crippen LogP contribution is 2.21. The summed E-state index contributed by atoms with van der Waals surface area (Å²) in [7, 11) is 0. The van der Waals surface area contributed by atoms with E-state index < -0.39 is 133 Å². The summed E-state index contributed by atoms with van der Waals surface area (Å²) < 4.78 is 0. The molecule has 0 aliphatic carbocycles. The van der Waals surface area contributed by atoms with Crippen molar-refractivity contribution in [2.75, 3.05) is 19.8 Å². The molecule has 1 fully saturated rings. The number of para-hydroxylation sites is 1. The van der Waals surface area contributed by atoms with E-state index >= 15 is 0 Å². The number of fused-ring (bicyclic) bond motifs is 1. The number of carboxylic acid groups (broad SMARTS) is 1. The van der Waals surface area contributed by atoms with E-state index in [-0.39, 0.29) is 19.4 Å². The van der Waals surface area contributed by atoms with Gasteiger partial charge >= 0.3 is 5.97 Å². The van der Waals surface area contributed by atoms with Crippen LogP contribution in [0.3, 0.4) is 0 Å². The van der Waals surface area contributed by atoms with E-state index in [0.29, 0.717) is 16.5 Å². The Balaban J connectivity index is 1.73. The van der Waals surface area contributed by atoms with Crippen molar-refractivity contribution in [1.29, 1.82) is 0 Å². The molecule has 1 aromatic carbocycles. The molecule has 23 nitrogen and oxygen atoms in total. The quantitative estimate of drug-likeness (QED) is 0.0558. The number of carbonyl (C=O) groups excluding carboxylic acids is 8. The van der Waals surface area contributed by atoms with Crippen LogP contribution in [0.15, 0.2) is 30.5 Å². The second kappa shape index (κ2) is 21.7. The number of hydrogen-bond donors (Lipinski definition) is 13. The lowest BCUT2D eigenvalue weighted by molar-refractivity contribution is -0.143. The summed E-state index contributed by atoms with van der Waals surface area (Å²) in [6.07, 6.45) is -0.503. The van der Waals surface area contributed by atoms with Gasteiger partial charge in [0.15, 0.2) is 0 Å². The number of aliphatic hydroxyl groups is 3. The first-order chi connectivity index (χ1) is 28.2.